The van der Waals surface area contributed by atoms with Crippen molar-refractivity contribution < 1.29 is 50.9 Å². The van der Waals surface area contributed by atoms with Gasteiger partial charge in [0.25, 0.3) is 0 Å². The molecule has 2 heterocycles. The lowest BCUT2D eigenvalue weighted by Crippen LogP contribution is -2.64. The summed E-state index contributed by atoms with van der Waals surface area (Å²) in [6.45, 7) is 0.885. The third kappa shape index (κ3) is 9.99. The maximum absolute atomic E-state index is 11.3. The molecule has 0 bridgehead atoms. The normalized spacial score (nSPS) is 17.9. The minimum absolute atomic E-state index is 0.235. The molecule has 1 fully saturated rings. The summed E-state index contributed by atoms with van der Waals surface area (Å²) >= 11 is 0. The van der Waals surface area contributed by atoms with Gasteiger partial charge in [-0.25, -0.2) is 19.6 Å². The number of aryl methyl sites for hydroxylation is 1. The highest BCUT2D eigenvalue weighted by Gasteiger charge is 2.41. The number of amides is 1. The Hall–Kier alpha value is -2.97. The predicted molar refractivity (Wildman–Crippen MR) is 86.9 cm³/mol. The molecule has 170 valence electrons. The monoisotopic (exact) mass is 448 g/mol. The first-order valence-corrected chi connectivity index (χ1v) is 8.02. The van der Waals surface area contributed by atoms with E-state index in [-0.39, 0.29) is 5.91 Å². The van der Waals surface area contributed by atoms with Gasteiger partial charge in [0.2, 0.25) is 5.91 Å². The largest absolute Gasteiger partial charge is 0.490 e. The topological polar surface area (TPSA) is 156 Å². The van der Waals surface area contributed by atoms with Gasteiger partial charge in [-0.3, -0.25) is 4.79 Å². The third-order valence-electron chi connectivity index (χ3n) is 3.65. The molecule has 0 spiro atoms. The summed E-state index contributed by atoms with van der Waals surface area (Å²) < 4.78 is 63.5. The molecule has 15 heteroatoms. The van der Waals surface area contributed by atoms with E-state index >= 15 is 0 Å². The van der Waals surface area contributed by atoms with Crippen LogP contribution in [0.2, 0.25) is 0 Å². The number of carboxylic acid groups (broad SMARTS) is 2. The van der Waals surface area contributed by atoms with Crippen LogP contribution >= 0.6 is 0 Å². The van der Waals surface area contributed by atoms with E-state index in [1.54, 1.807) is 12.5 Å². The highest BCUT2D eigenvalue weighted by atomic mass is 19.4. The third-order valence-corrected chi connectivity index (χ3v) is 3.65. The molecule has 0 aliphatic carbocycles. The molecule has 1 aromatic heterocycles. The number of carbonyl (C=O) groups is 3. The average Bonchev–Trinajstić information content (AvgIpc) is 2.57. The molecule has 5 N–H and O–H groups in total. The number of nitrogens with two attached hydrogens (primary N) is 1. The van der Waals surface area contributed by atoms with Gasteiger partial charge in [0.1, 0.15) is 6.33 Å². The number of halogens is 6. The van der Waals surface area contributed by atoms with E-state index in [4.69, 9.17) is 25.5 Å². The molecule has 1 aromatic rings. The van der Waals surface area contributed by atoms with Gasteiger partial charge in [0.15, 0.2) is 0 Å². The van der Waals surface area contributed by atoms with Crippen LogP contribution in [0.3, 0.4) is 0 Å². The number of nitrogens with one attached hydrogen (secondary N) is 1. The van der Waals surface area contributed by atoms with Crippen molar-refractivity contribution in [1.82, 2.24) is 15.3 Å². The van der Waals surface area contributed by atoms with Crippen molar-refractivity contribution in [3.05, 3.63) is 24.3 Å². The lowest BCUT2D eigenvalue weighted by Gasteiger charge is -2.40. The SMILES string of the molecule is NC(=O)C1(CCCc2ccncn2)CCN1.O=C(O)C(F)(F)F.O=C(O)C(F)(F)F. The second kappa shape index (κ2) is 11.3. The maximum atomic E-state index is 11.3. The van der Waals surface area contributed by atoms with Crippen LogP contribution in [0, 0.1) is 0 Å². The van der Waals surface area contributed by atoms with Crippen LogP contribution < -0.4 is 11.1 Å². The number of primary amides is 1. The molecule has 1 unspecified atom stereocenters. The average molecular weight is 448 g/mol. The van der Waals surface area contributed by atoms with Gasteiger partial charge in [-0.2, -0.15) is 26.3 Å². The van der Waals surface area contributed by atoms with Gasteiger partial charge in [-0.05, 0) is 38.3 Å². The molecule has 2 rings (SSSR count). The predicted octanol–water partition coefficient (Wildman–Crippen LogP) is 1.28. The summed E-state index contributed by atoms with van der Waals surface area (Å²) in [6.07, 6.45) is -3.49. The number of nitrogens with zero attached hydrogens (tertiary/aromatic N) is 2. The number of rotatable bonds is 5. The lowest BCUT2D eigenvalue weighted by molar-refractivity contribution is -0.193. The lowest BCUT2D eigenvalue weighted by atomic mass is 9.82. The van der Waals surface area contributed by atoms with Gasteiger partial charge in [-0.15, -0.1) is 0 Å². The van der Waals surface area contributed by atoms with Gasteiger partial charge >= 0.3 is 24.3 Å². The quantitative estimate of drug-likeness (QED) is 0.491. The van der Waals surface area contributed by atoms with Crippen LogP contribution in [0.15, 0.2) is 18.6 Å². The number of aliphatic carboxylic acids is 2. The minimum Gasteiger partial charge on any atom is -0.475 e. The minimum atomic E-state index is -5.08. The van der Waals surface area contributed by atoms with Crippen molar-refractivity contribution >= 4 is 17.8 Å². The summed E-state index contributed by atoms with van der Waals surface area (Å²) in [5, 5.41) is 17.4. The maximum Gasteiger partial charge on any atom is 0.490 e. The molecule has 1 aliphatic heterocycles. The number of aromatic nitrogens is 2. The Morgan fingerprint density at radius 3 is 1.83 bits per heavy atom. The fourth-order valence-corrected chi connectivity index (χ4v) is 2.01. The Morgan fingerprint density at radius 1 is 1.10 bits per heavy atom. The molecule has 1 saturated heterocycles. The summed E-state index contributed by atoms with van der Waals surface area (Å²) in [5.41, 5.74) is 5.94. The smallest absolute Gasteiger partial charge is 0.475 e. The Morgan fingerprint density at radius 2 is 1.57 bits per heavy atom. The molecule has 0 radical (unpaired) electrons. The molecule has 0 saturated carbocycles. The van der Waals surface area contributed by atoms with Crippen LogP contribution in [-0.2, 0) is 20.8 Å². The zero-order chi connectivity index (χ0) is 23.6. The fourth-order valence-electron chi connectivity index (χ4n) is 2.01. The molecule has 9 nitrogen and oxygen atoms in total. The van der Waals surface area contributed by atoms with E-state index in [9.17, 15) is 31.1 Å². The molecule has 1 atom stereocenters. The van der Waals surface area contributed by atoms with Crippen LogP contribution in [-0.4, -0.2) is 62.5 Å². The Kier molecular flexibility index (Phi) is 10.2. The molecule has 1 amide bonds. The van der Waals surface area contributed by atoms with Crippen molar-refractivity contribution in [3.8, 4) is 0 Å². The Labute approximate surface area is 165 Å². The summed E-state index contributed by atoms with van der Waals surface area (Å²) in [4.78, 5) is 37.1. The Bertz CT molecular complexity index is 684. The molecular formula is C15H18F6N4O5. The van der Waals surface area contributed by atoms with E-state index in [2.05, 4.69) is 15.3 Å². The standard InChI is InChI=1S/C11H16N4O.2C2HF3O2/c12-10(16)11(5-7-15-11)4-1-2-9-3-6-13-8-14-9;2*3-2(4,5)1(6)7/h3,6,8,15H,1-2,4-5,7H2,(H2,12,16);2*(H,6,7). The van der Waals surface area contributed by atoms with Gasteiger partial charge in [0, 0.05) is 11.9 Å². The fraction of sp³-hybridized carbons (Fsp3) is 0.533. The molecule has 30 heavy (non-hydrogen) atoms. The number of alkyl halides is 6. The second-order valence-corrected chi connectivity index (χ2v) is 5.78. The molecule has 1 aliphatic rings. The van der Waals surface area contributed by atoms with E-state index in [0.29, 0.717) is 0 Å². The first-order valence-electron chi connectivity index (χ1n) is 8.02. The number of hydrogen-bond donors (Lipinski definition) is 4. The molecular weight excluding hydrogens is 430 g/mol. The van der Waals surface area contributed by atoms with E-state index < -0.39 is 29.8 Å². The molecule has 0 aromatic carbocycles. The highest BCUT2D eigenvalue weighted by molar-refractivity contribution is 5.85. The van der Waals surface area contributed by atoms with E-state index in [0.717, 1.165) is 37.9 Å². The van der Waals surface area contributed by atoms with Crippen LogP contribution in [0.4, 0.5) is 26.3 Å². The Balaban J connectivity index is 0.000000503. The van der Waals surface area contributed by atoms with E-state index in [1.807, 2.05) is 6.07 Å². The zero-order valence-electron chi connectivity index (χ0n) is 15.1. The van der Waals surface area contributed by atoms with E-state index in [1.165, 1.54) is 0 Å². The highest BCUT2D eigenvalue weighted by Crippen LogP contribution is 2.24. The van der Waals surface area contributed by atoms with Crippen molar-refractivity contribution in [3.63, 3.8) is 0 Å². The van der Waals surface area contributed by atoms with Gasteiger partial charge < -0.3 is 21.3 Å². The number of carboxylic acids is 2. The van der Waals surface area contributed by atoms with Crippen molar-refractivity contribution in [2.24, 2.45) is 5.73 Å². The summed E-state index contributed by atoms with van der Waals surface area (Å²) in [7, 11) is 0. The van der Waals surface area contributed by atoms with Crippen LogP contribution in [0.5, 0.6) is 0 Å². The van der Waals surface area contributed by atoms with Gasteiger partial charge in [0.05, 0.1) is 5.54 Å². The number of hydrogen-bond acceptors (Lipinski definition) is 6. The second-order valence-electron chi connectivity index (χ2n) is 5.78. The number of carbonyl (C=O) groups excluding carboxylic acids is 1. The summed E-state index contributed by atoms with van der Waals surface area (Å²) in [5.74, 6) is -5.75. The first kappa shape index (κ1) is 27.0. The van der Waals surface area contributed by atoms with Crippen molar-refractivity contribution in [2.45, 2.75) is 43.6 Å². The zero-order valence-corrected chi connectivity index (χ0v) is 15.1. The van der Waals surface area contributed by atoms with Crippen LogP contribution in [0.1, 0.15) is 25.0 Å². The van der Waals surface area contributed by atoms with Gasteiger partial charge in [-0.1, -0.05) is 0 Å². The van der Waals surface area contributed by atoms with Crippen LogP contribution in [0.25, 0.3) is 0 Å². The summed E-state index contributed by atoms with van der Waals surface area (Å²) in [6, 6.07) is 1.89. The van der Waals surface area contributed by atoms with Crippen molar-refractivity contribution in [2.75, 3.05) is 6.54 Å². The first-order chi connectivity index (χ1) is 13.6. The van der Waals surface area contributed by atoms with Crippen molar-refractivity contribution in [1.29, 1.82) is 0 Å².